The minimum Gasteiger partial charge on any atom is -0.756 e. The largest absolute Gasteiger partial charge is 0.756 e. The lowest BCUT2D eigenvalue weighted by Crippen LogP contribution is -2.37. The van der Waals surface area contributed by atoms with E-state index in [4.69, 9.17) is 18.5 Å². The molecule has 0 aromatic rings. The Morgan fingerprint density at radius 1 is 0.525 bits per heavy atom. The summed E-state index contributed by atoms with van der Waals surface area (Å²) >= 11 is 0. The minimum atomic E-state index is -4.63. The van der Waals surface area contributed by atoms with Gasteiger partial charge in [0.05, 0.1) is 27.7 Å². The van der Waals surface area contributed by atoms with Gasteiger partial charge in [0.2, 0.25) is 0 Å². The van der Waals surface area contributed by atoms with Crippen LogP contribution < -0.4 is 4.89 Å². The molecule has 0 fully saturated rings. The van der Waals surface area contributed by atoms with Gasteiger partial charge in [0.1, 0.15) is 19.8 Å². The highest BCUT2D eigenvalue weighted by Gasteiger charge is 2.21. The molecular formula is C51H86NO8P. The highest BCUT2D eigenvalue weighted by Crippen LogP contribution is 2.38. The normalized spacial score (nSPS) is 14.4. The molecule has 61 heavy (non-hydrogen) atoms. The number of hydrogen-bond acceptors (Lipinski definition) is 8. The number of carbonyl (C=O) groups is 2. The second-order valence-electron chi connectivity index (χ2n) is 16.4. The smallest absolute Gasteiger partial charge is 0.306 e. The van der Waals surface area contributed by atoms with Gasteiger partial charge in [0, 0.05) is 12.8 Å². The Balaban J connectivity index is 4.15. The van der Waals surface area contributed by atoms with Crippen molar-refractivity contribution < 1.29 is 42.1 Å². The maximum absolute atomic E-state index is 12.6. The zero-order valence-electron chi connectivity index (χ0n) is 39.1. The van der Waals surface area contributed by atoms with E-state index in [1.807, 2.05) is 21.1 Å². The van der Waals surface area contributed by atoms with Crippen LogP contribution in [-0.2, 0) is 32.7 Å². The molecule has 0 heterocycles. The van der Waals surface area contributed by atoms with Crippen molar-refractivity contribution in [2.75, 3.05) is 47.5 Å². The Labute approximate surface area is 373 Å². The van der Waals surface area contributed by atoms with Crippen molar-refractivity contribution in [2.24, 2.45) is 0 Å². The van der Waals surface area contributed by atoms with E-state index < -0.39 is 32.5 Å². The van der Waals surface area contributed by atoms with Gasteiger partial charge in [0.15, 0.2) is 6.10 Å². The summed E-state index contributed by atoms with van der Waals surface area (Å²) in [6.07, 6.45) is 56.2. The molecule has 0 bridgehead atoms. The SMILES string of the molecule is CC/C=C\C/C=C\C/C=C\C/C=C\C/C=C\C/C=C\C/C=C\C/C=C\CCCCCCCCC(=O)OC(COC(=O)CCCCCCCC)COP(=O)([O-])OCC[N+](C)(C)C. The number of nitrogens with zero attached hydrogens (tertiary/aromatic N) is 1. The number of unbranched alkanes of at least 4 members (excludes halogenated alkanes) is 11. The first-order valence-corrected chi connectivity index (χ1v) is 24.9. The Kier molecular flexibility index (Phi) is 40.1. The average molecular weight is 872 g/mol. The molecule has 0 aliphatic heterocycles. The van der Waals surface area contributed by atoms with Crippen LogP contribution in [0.3, 0.4) is 0 Å². The fraction of sp³-hybridized carbons (Fsp3) is 0.647. The molecule has 0 N–H and O–H groups in total. The highest BCUT2D eigenvalue weighted by molar-refractivity contribution is 7.45. The second kappa shape index (κ2) is 42.2. The maximum Gasteiger partial charge on any atom is 0.306 e. The highest BCUT2D eigenvalue weighted by atomic mass is 31.2. The number of rotatable bonds is 41. The molecule has 0 rings (SSSR count). The number of phosphoric ester groups is 1. The van der Waals surface area contributed by atoms with Gasteiger partial charge in [-0.15, -0.1) is 0 Å². The lowest BCUT2D eigenvalue weighted by atomic mass is 10.1. The van der Waals surface area contributed by atoms with Gasteiger partial charge in [-0.3, -0.25) is 14.2 Å². The molecule has 0 aliphatic carbocycles. The van der Waals surface area contributed by atoms with Gasteiger partial charge in [-0.1, -0.05) is 169 Å². The number of hydrogen-bond donors (Lipinski definition) is 0. The Bertz CT molecular complexity index is 1350. The molecule has 2 atom stereocenters. The first kappa shape index (κ1) is 57.9. The van der Waals surface area contributed by atoms with Crippen molar-refractivity contribution in [3.8, 4) is 0 Å². The van der Waals surface area contributed by atoms with Crippen LogP contribution in [-0.4, -0.2) is 70.0 Å². The first-order valence-electron chi connectivity index (χ1n) is 23.4. The van der Waals surface area contributed by atoms with Crippen LogP contribution in [0.1, 0.15) is 162 Å². The number of phosphoric acid groups is 1. The molecule has 2 unspecified atom stereocenters. The summed E-state index contributed by atoms with van der Waals surface area (Å²) < 4.78 is 33.7. The minimum absolute atomic E-state index is 0.0386. The molecular weight excluding hydrogens is 786 g/mol. The van der Waals surface area contributed by atoms with E-state index in [9.17, 15) is 19.0 Å². The van der Waals surface area contributed by atoms with Crippen LogP contribution in [0.4, 0.5) is 0 Å². The van der Waals surface area contributed by atoms with E-state index in [0.29, 0.717) is 17.4 Å². The molecule has 10 heteroatoms. The molecule has 9 nitrogen and oxygen atoms in total. The number of quaternary nitrogens is 1. The number of allylic oxidation sites excluding steroid dienone is 16. The summed E-state index contributed by atoms with van der Waals surface area (Å²) in [4.78, 5) is 37.3. The topological polar surface area (TPSA) is 111 Å². The van der Waals surface area contributed by atoms with E-state index in [1.165, 1.54) is 6.42 Å². The molecule has 0 aliphatic rings. The van der Waals surface area contributed by atoms with Crippen molar-refractivity contribution in [3.05, 3.63) is 97.2 Å². The van der Waals surface area contributed by atoms with Crippen LogP contribution >= 0.6 is 7.82 Å². The lowest BCUT2D eigenvalue weighted by molar-refractivity contribution is -0.870. The fourth-order valence-electron chi connectivity index (χ4n) is 5.73. The third-order valence-electron chi connectivity index (χ3n) is 9.37. The Morgan fingerprint density at radius 3 is 1.39 bits per heavy atom. The van der Waals surface area contributed by atoms with Gasteiger partial charge in [-0.2, -0.15) is 0 Å². The fourth-order valence-corrected chi connectivity index (χ4v) is 6.46. The van der Waals surface area contributed by atoms with E-state index in [-0.39, 0.29) is 26.1 Å². The lowest BCUT2D eigenvalue weighted by Gasteiger charge is -2.28. The number of esters is 2. The predicted molar refractivity (Wildman–Crippen MR) is 254 cm³/mol. The van der Waals surface area contributed by atoms with Crippen LogP contribution in [0.15, 0.2) is 97.2 Å². The van der Waals surface area contributed by atoms with Crippen LogP contribution in [0.25, 0.3) is 0 Å². The third-order valence-corrected chi connectivity index (χ3v) is 10.3. The van der Waals surface area contributed by atoms with Gasteiger partial charge >= 0.3 is 11.9 Å². The van der Waals surface area contributed by atoms with Crippen molar-refractivity contribution in [3.63, 3.8) is 0 Å². The van der Waals surface area contributed by atoms with Crippen molar-refractivity contribution in [1.82, 2.24) is 0 Å². The molecule has 0 spiro atoms. The summed E-state index contributed by atoms with van der Waals surface area (Å²) in [5, 5.41) is 0. The van der Waals surface area contributed by atoms with Crippen molar-refractivity contribution in [2.45, 2.75) is 168 Å². The maximum atomic E-state index is 12.6. The number of likely N-dealkylation sites (N-methyl/N-ethyl adjacent to an activating group) is 1. The first-order chi connectivity index (χ1) is 29.5. The Morgan fingerprint density at radius 2 is 0.934 bits per heavy atom. The third kappa shape index (κ3) is 46.3. The van der Waals surface area contributed by atoms with Gasteiger partial charge < -0.3 is 27.9 Å². The van der Waals surface area contributed by atoms with E-state index in [0.717, 1.165) is 122 Å². The molecule has 0 radical (unpaired) electrons. The standard InChI is InChI=1S/C51H86NO8P/c1-6-8-10-12-14-15-16-17-18-19-20-21-22-23-24-25-26-27-28-29-30-31-32-33-34-35-36-37-38-40-42-44-51(54)60-49(47-57-50(53)43-41-39-13-11-9-7-2)48-59-61(55,56)58-46-45-52(3,4)5/h8,10,14-15,17-18,20-21,23-24,26-27,29-30,32-33,49H,6-7,9,11-13,16,19,22,25,28,31,34-48H2,1-5H3/b10-8-,15-14-,18-17-,21-20-,24-23-,27-26-,30-29-,33-32-. The quantitative estimate of drug-likeness (QED) is 0.0196. The number of ether oxygens (including phenoxy) is 2. The van der Waals surface area contributed by atoms with E-state index in [2.05, 4.69) is 111 Å². The van der Waals surface area contributed by atoms with Crippen LogP contribution in [0.5, 0.6) is 0 Å². The number of carbonyl (C=O) groups excluding carboxylic acids is 2. The predicted octanol–water partition coefficient (Wildman–Crippen LogP) is 13.1. The molecule has 0 amide bonds. The molecule has 348 valence electrons. The van der Waals surface area contributed by atoms with Crippen LogP contribution in [0.2, 0.25) is 0 Å². The van der Waals surface area contributed by atoms with Crippen molar-refractivity contribution >= 4 is 19.8 Å². The monoisotopic (exact) mass is 872 g/mol. The van der Waals surface area contributed by atoms with Crippen molar-refractivity contribution in [1.29, 1.82) is 0 Å². The molecule has 0 saturated carbocycles. The summed E-state index contributed by atoms with van der Waals surface area (Å²) in [7, 11) is 1.14. The molecule has 0 aromatic heterocycles. The zero-order valence-corrected chi connectivity index (χ0v) is 40.0. The van der Waals surface area contributed by atoms with E-state index in [1.54, 1.807) is 0 Å². The summed E-state index contributed by atoms with van der Waals surface area (Å²) in [6.45, 7) is 3.99. The summed E-state index contributed by atoms with van der Waals surface area (Å²) in [5.41, 5.74) is 0. The Hall–Kier alpha value is -3.07. The van der Waals surface area contributed by atoms with Crippen LogP contribution in [0, 0.1) is 0 Å². The molecule has 0 aromatic carbocycles. The zero-order chi connectivity index (χ0) is 45.0. The van der Waals surface area contributed by atoms with Gasteiger partial charge in [-0.05, 0) is 77.0 Å². The second-order valence-corrected chi connectivity index (χ2v) is 17.8. The molecule has 0 saturated heterocycles. The van der Waals surface area contributed by atoms with Gasteiger partial charge in [0.25, 0.3) is 7.82 Å². The van der Waals surface area contributed by atoms with E-state index >= 15 is 0 Å². The summed E-state index contributed by atoms with van der Waals surface area (Å²) in [5.74, 6) is -0.871. The average Bonchev–Trinajstić information content (AvgIpc) is 3.21. The summed E-state index contributed by atoms with van der Waals surface area (Å²) in [6, 6.07) is 0. The van der Waals surface area contributed by atoms with Gasteiger partial charge in [-0.25, -0.2) is 0 Å².